The van der Waals surface area contributed by atoms with Crippen LogP contribution < -0.4 is 0 Å². The van der Waals surface area contributed by atoms with Gasteiger partial charge < -0.3 is 9.47 Å². The van der Waals surface area contributed by atoms with Crippen LogP contribution in [0.15, 0.2) is 11.8 Å². The van der Waals surface area contributed by atoms with Crippen molar-refractivity contribution in [1.82, 2.24) is 0 Å². The number of hydrogen-bond donors (Lipinski definition) is 0. The van der Waals surface area contributed by atoms with Gasteiger partial charge in [0.2, 0.25) is 5.79 Å². The third-order valence-electron chi connectivity index (χ3n) is 3.08. The van der Waals surface area contributed by atoms with E-state index in [0.29, 0.717) is 12.0 Å². The topological polar surface area (TPSA) is 18.5 Å². The molecule has 1 aliphatic carbocycles. The molecule has 0 bridgehead atoms. The van der Waals surface area contributed by atoms with Gasteiger partial charge in [-0.2, -0.15) is 0 Å². The van der Waals surface area contributed by atoms with Crippen LogP contribution >= 0.6 is 0 Å². The first-order valence-corrected chi connectivity index (χ1v) is 5.69. The largest absolute Gasteiger partial charge is 0.467 e. The lowest BCUT2D eigenvalue weighted by molar-refractivity contribution is -0.267. The predicted molar refractivity (Wildman–Crippen MR) is 55.8 cm³/mol. The van der Waals surface area contributed by atoms with Gasteiger partial charge in [-0.25, -0.2) is 0 Å². The fourth-order valence-electron chi connectivity index (χ4n) is 2.48. The van der Waals surface area contributed by atoms with Crippen molar-refractivity contribution in [2.24, 2.45) is 5.92 Å². The van der Waals surface area contributed by atoms with Gasteiger partial charge in [0.25, 0.3) is 0 Å². The van der Waals surface area contributed by atoms with Crippen molar-refractivity contribution < 1.29 is 9.47 Å². The smallest absolute Gasteiger partial charge is 0.204 e. The van der Waals surface area contributed by atoms with Gasteiger partial charge >= 0.3 is 0 Å². The lowest BCUT2D eigenvalue weighted by Crippen LogP contribution is -2.44. The number of rotatable bonds is 1. The molecule has 1 heterocycles. The highest BCUT2D eigenvalue weighted by Crippen LogP contribution is 2.40. The van der Waals surface area contributed by atoms with E-state index in [1.54, 1.807) is 0 Å². The van der Waals surface area contributed by atoms with E-state index in [4.69, 9.17) is 9.47 Å². The maximum atomic E-state index is 5.93. The van der Waals surface area contributed by atoms with Crippen LogP contribution in [-0.2, 0) is 9.47 Å². The number of ether oxygens (including phenoxy) is 2. The summed E-state index contributed by atoms with van der Waals surface area (Å²) in [5.41, 5.74) is 0. The van der Waals surface area contributed by atoms with E-state index in [-0.39, 0.29) is 0 Å². The molecule has 80 valence electrons. The zero-order chi connectivity index (χ0) is 10.2. The van der Waals surface area contributed by atoms with Crippen molar-refractivity contribution in [3.8, 4) is 0 Å². The van der Waals surface area contributed by atoms with E-state index in [2.05, 4.69) is 13.0 Å². The Labute approximate surface area is 86.3 Å². The molecule has 1 aliphatic heterocycles. The van der Waals surface area contributed by atoms with Gasteiger partial charge in [-0.3, -0.25) is 0 Å². The molecule has 1 fully saturated rings. The van der Waals surface area contributed by atoms with Crippen LogP contribution in [0.2, 0.25) is 0 Å². The van der Waals surface area contributed by atoms with Gasteiger partial charge in [0, 0.05) is 19.8 Å². The summed E-state index contributed by atoms with van der Waals surface area (Å²) >= 11 is 0. The molecule has 2 unspecified atom stereocenters. The van der Waals surface area contributed by atoms with Crippen molar-refractivity contribution in [2.75, 3.05) is 0 Å². The van der Waals surface area contributed by atoms with Crippen molar-refractivity contribution >= 4 is 0 Å². The molecule has 2 rings (SSSR count). The molecule has 14 heavy (non-hydrogen) atoms. The van der Waals surface area contributed by atoms with Gasteiger partial charge in [0.1, 0.15) is 5.76 Å². The summed E-state index contributed by atoms with van der Waals surface area (Å²) in [7, 11) is 0. The van der Waals surface area contributed by atoms with Gasteiger partial charge in [-0.1, -0.05) is 6.92 Å². The van der Waals surface area contributed by atoms with Gasteiger partial charge in [-0.05, 0) is 31.8 Å². The van der Waals surface area contributed by atoms with E-state index in [1.807, 2.05) is 13.8 Å². The second kappa shape index (κ2) is 3.58. The van der Waals surface area contributed by atoms with E-state index < -0.39 is 5.79 Å². The first kappa shape index (κ1) is 10.0. The monoisotopic (exact) mass is 196 g/mol. The summed E-state index contributed by atoms with van der Waals surface area (Å²) in [5, 5.41) is 0. The Bertz CT molecular complexity index is 243. The van der Waals surface area contributed by atoms with Crippen molar-refractivity contribution in [2.45, 2.75) is 58.3 Å². The second-order valence-corrected chi connectivity index (χ2v) is 4.71. The molecule has 0 aromatic heterocycles. The van der Waals surface area contributed by atoms with E-state index in [0.717, 1.165) is 6.42 Å². The molecule has 0 amide bonds. The maximum Gasteiger partial charge on any atom is 0.204 e. The van der Waals surface area contributed by atoms with Crippen LogP contribution in [0.5, 0.6) is 0 Å². The van der Waals surface area contributed by atoms with Gasteiger partial charge in [0.05, 0.1) is 6.10 Å². The van der Waals surface area contributed by atoms with Crippen LogP contribution in [0, 0.1) is 5.92 Å². The summed E-state index contributed by atoms with van der Waals surface area (Å²) in [4.78, 5) is 0. The van der Waals surface area contributed by atoms with Crippen molar-refractivity contribution in [3.63, 3.8) is 0 Å². The van der Waals surface area contributed by atoms with E-state index in [1.165, 1.54) is 25.0 Å². The van der Waals surface area contributed by atoms with Crippen LogP contribution in [0.4, 0.5) is 0 Å². The van der Waals surface area contributed by atoms with Crippen LogP contribution in [0.25, 0.3) is 0 Å². The lowest BCUT2D eigenvalue weighted by Gasteiger charge is -2.44. The summed E-state index contributed by atoms with van der Waals surface area (Å²) in [6.07, 6.45) is 7.34. The minimum absolute atomic E-state index is 0.352. The van der Waals surface area contributed by atoms with Crippen LogP contribution in [0.1, 0.15) is 46.5 Å². The highest BCUT2D eigenvalue weighted by Gasteiger charge is 2.39. The molecular weight excluding hydrogens is 176 g/mol. The quantitative estimate of drug-likeness (QED) is 0.641. The van der Waals surface area contributed by atoms with E-state index in [9.17, 15) is 0 Å². The zero-order valence-corrected chi connectivity index (χ0v) is 9.38. The highest BCUT2D eigenvalue weighted by molar-refractivity contribution is 5.08. The van der Waals surface area contributed by atoms with Crippen molar-refractivity contribution in [3.05, 3.63) is 11.8 Å². The Morgan fingerprint density at radius 1 is 1.50 bits per heavy atom. The molecule has 2 heteroatoms. The molecule has 2 nitrogen and oxygen atoms in total. The maximum absolute atomic E-state index is 5.93. The average molecular weight is 196 g/mol. The Balaban J connectivity index is 2.20. The molecule has 2 aliphatic rings. The van der Waals surface area contributed by atoms with Gasteiger partial charge in [-0.15, -0.1) is 0 Å². The summed E-state index contributed by atoms with van der Waals surface area (Å²) < 4.78 is 11.8. The number of hydrogen-bond acceptors (Lipinski definition) is 2. The van der Waals surface area contributed by atoms with Crippen LogP contribution in [-0.4, -0.2) is 11.9 Å². The summed E-state index contributed by atoms with van der Waals surface area (Å²) in [6.45, 7) is 6.20. The Morgan fingerprint density at radius 3 is 3.00 bits per heavy atom. The molecular formula is C12H20O2. The molecule has 0 radical (unpaired) electrons. The molecule has 0 aromatic carbocycles. The first-order valence-electron chi connectivity index (χ1n) is 5.69. The fourth-order valence-corrected chi connectivity index (χ4v) is 2.48. The molecule has 0 N–H and O–H groups in total. The molecule has 0 aromatic rings. The standard InChI is InChI=1S/C12H20O2/c1-4-10-9-7-5-6-8-11(9)14-12(2,3)13-10/h8-10H,4-7H2,1-3H3. The SMILES string of the molecule is CCC1OC(C)(C)OC2=CCCCC21. The Kier molecular flexibility index (Phi) is 2.56. The van der Waals surface area contributed by atoms with Gasteiger partial charge in [0.15, 0.2) is 0 Å². The summed E-state index contributed by atoms with van der Waals surface area (Å²) in [6, 6.07) is 0. The van der Waals surface area contributed by atoms with Crippen LogP contribution in [0.3, 0.4) is 0 Å². The minimum Gasteiger partial charge on any atom is -0.467 e. The number of fused-ring (bicyclic) bond motifs is 1. The lowest BCUT2D eigenvalue weighted by atomic mass is 9.86. The Morgan fingerprint density at radius 2 is 2.29 bits per heavy atom. The molecule has 0 saturated carbocycles. The highest BCUT2D eigenvalue weighted by atomic mass is 16.7. The normalized spacial score (nSPS) is 35.5. The van der Waals surface area contributed by atoms with E-state index >= 15 is 0 Å². The third-order valence-corrected chi connectivity index (χ3v) is 3.08. The Hall–Kier alpha value is -0.500. The molecule has 0 spiro atoms. The zero-order valence-electron chi connectivity index (χ0n) is 9.38. The molecule has 2 atom stereocenters. The van der Waals surface area contributed by atoms with Crippen molar-refractivity contribution in [1.29, 1.82) is 0 Å². The average Bonchev–Trinajstić information content (AvgIpc) is 2.15. The molecule has 1 saturated heterocycles. The number of allylic oxidation sites excluding steroid dienone is 1. The predicted octanol–water partition coefficient (Wildman–Crippen LogP) is 3.23. The first-order chi connectivity index (χ1) is 6.62. The second-order valence-electron chi connectivity index (χ2n) is 4.71. The minimum atomic E-state index is -0.430. The fraction of sp³-hybridized carbons (Fsp3) is 0.833. The third kappa shape index (κ3) is 1.81. The summed E-state index contributed by atoms with van der Waals surface area (Å²) in [5.74, 6) is 1.27.